The van der Waals surface area contributed by atoms with Crippen molar-refractivity contribution in [3.05, 3.63) is 35.0 Å². The van der Waals surface area contributed by atoms with E-state index >= 15 is 0 Å². The zero-order chi connectivity index (χ0) is 14.8. The summed E-state index contributed by atoms with van der Waals surface area (Å²) in [7, 11) is 0. The first-order valence-electron chi connectivity index (χ1n) is 7.30. The number of benzene rings is 1. The lowest BCUT2D eigenvalue weighted by atomic mass is 10.2. The average Bonchev–Trinajstić information content (AvgIpc) is 3.13. The molecule has 1 saturated carbocycles. The molecule has 21 heavy (non-hydrogen) atoms. The van der Waals surface area contributed by atoms with Gasteiger partial charge in [-0.1, -0.05) is 18.9 Å². The van der Waals surface area contributed by atoms with Crippen LogP contribution in [0.15, 0.2) is 24.3 Å². The zero-order valence-electron chi connectivity index (χ0n) is 11.7. The number of carbonyl (C=O) groups is 1. The van der Waals surface area contributed by atoms with E-state index in [0.29, 0.717) is 16.8 Å². The Morgan fingerprint density at radius 1 is 1.38 bits per heavy atom. The summed E-state index contributed by atoms with van der Waals surface area (Å²) in [5.41, 5.74) is 0. The molecule has 3 nitrogen and oxygen atoms in total. The van der Waals surface area contributed by atoms with Crippen molar-refractivity contribution < 1.29 is 14.3 Å². The maximum atomic E-state index is 13.8. The van der Waals surface area contributed by atoms with Crippen LogP contribution >= 0.6 is 11.3 Å². The molecule has 1 N–H and O–H groups in total. The van der Waals surface area contributed by atoms with E-state index in [1.54, 1.807) is 17.0 Å². The number of fused-ring (bicyclic) bond motifs is 1. The molecular weight excluding hydrogens is 289 g/mol. The Balaban J connectivity index is 1.91. The van der Waals surface area contributed by atoms with Crippen molar-refractivity contribution in [3.63, 3.8) is 0 Å². The lowest BCUT2D eigenvalue weighted by Crippen LogP contribution is -2.40. The summed E-state index contributed by atoms with van der Waals surface area (Å²) >= 11 is 1.32. The van der Waals surface area contributed by atoms with Gasteiger partial charge in [-0.3, -0.25) is 4.79 Å². The Bertz CT molecular complexity index is 649. The van der Waals surface area contributed by atoms with Crippen molar-refractivity contribution in [1.29, 1.82) is 0 Å². The minimum Gasteiger partial charge on any atom is -0.395 e. The van der Waals surface area contributed by atoms with Crippen LogP contribution < -0.4 is 0 Å². The van der Waals surface area contributed by atoms with Gasteiger partial charge in [-0.15, -0.1) is 11.3 Å². The molecule has 2 aromatic rings. The van der Waals surface area contributed by atoms with E-state index in [4.69, 9.17) is 0 Å². The minimum atomic E-state index is -0.294. The summed E-state index contributed by atoms with van der Waals surface area (Å²) in [5.74, 6) is -0.381. The monoisotopic (exact) mass is 307 g/mol. The maximum absolute atomic E-state index is 13.8. The Hall–Kier alpha value is -1.46. The predicted octanol–water partition coefficient (Wildman–Crippen LogP) is 3.42. The summed E-state index contributed by atoms with van der Waals surface area (Å²) in [6, 6.07) is 6.74. The lowest BCUT2D eigenvalue weighted by Gasteiger charge is -2.27. The fourth-order valence-electron chi connectivity index (χ4n) is 3.05. The molecule has 1 heterocycles. The Morgan fingerprint density at radius 3 is 2.81 bits per heavy atom. The number of carbonyl (C=O) groups excluding carboxylic acids is 1. The zero-order valence-corrected chi connectivity index (χ0v) is 12.5. The van der Waals surface area contributed by atoms with Gasteiger partial charge in [0.25, 0.3) is 5.91 Å². The quantitative estimate of drug-likeness (QED) is 0.940. The molecular formula is C16H18FNO2S. The molecule has 1 aromatic heterocycles. The molecule has 0 radical (unpaired) electrons. The molecule has 0 saturated heterocycles. The van der Waals surface area contributed by atoms with Crippen LogP contribution in [0.2, 0.25) is 0 Å². The highest BCUT2D eigenvalue weighted by Crippen LogP contribution is 2.31. The number of thiophene rings is 1. The van der Waals surface area contributed by atoms with E-state index in [0.717, 1.165) is 30.4 Å². The molecule has 0 atom stereocenters. The predicted molar refractivity (Wildman–Crippen MR) is 82.2 cm³/mol. The fraction of sp³-hybridized carbons (Fsp3) is 0.438. The van der Waals surface area contributed by atoms with Crippen molar-refractivity contribution in [3.8, 4) is 0 Å². The number of aliphatic hydroxyl groups excluding tert-OH is 1. The van der Waals surface area contributed by atoms with Gasteiger partial charge in [0.1, 0.15) is 5.82 Å². The van der Waals surface area contributed by atoms with Crippen LogP contribution in [0.25, 0.3) is 10.1 Å². The van der Waals surface area contributed by atoms with E-state index < -0.39 is 0 Å². The molecule has 1 amide bonds. The molecule has 0 aliphatic heterocycles. The largest absolute Gasteiger partial charge is 0.395 e. The smallest absolute Gasteiger partial charge is 0.264 e. The molecule has 0 unspecified atom stereocenters. The van der Waals surface area contributed by atoms with Crippen LogP contribution in [0.4, 0.5) is 4.39 Å². The molecule has 0 bridgehead atoms. The van der Waals surface area contributed by atoms with Crippen LogP contribution in [0.5, 0.6) is 0 Å². The summed E-state index contributed by atoms with van der Waals surface area (Å²) in [6.45, 7) is 0.307. The summed E-state index contributed by atoms with van der Waals surface area (Å²) in [6.07, 6.45) is 4.23. The third-order valence-corrected chi connectivity index (χ3v) is 5.17. The Morgan fingerprint density at radius 2 is 2.14 bits per heavy atom. The molecule has 0 spiro atoms. The van der Waals surface area contributed by atoms with E-state index in [1.807, 2.05) is 6.07 Å². The van der Waals surface area contributed by atoms with Gasteiger partial charge in [0.2, 0.25) is 0 Å². The number of hydrogen-bond acceptors (Lipinski definition) is 3. The van der Waals surface area contributed by atoms with Crippen molar-refractivity contribution in [2.75, 3.05) is 13.2 Å². The average molecular weight is 307 g/mol. The highest BCUT2D eigenvalue weighted by atomic mass is 32.1. The Labute approximate surface area is 127 Å². The van der Waals surface area contributed by atoms with Crippen LogP contribution in [0.3, 0.4) is 0 Å². The molecule has 5 heteroatoms. The van der Waals surface area contributed by atoms with Gasteiger partial charge in [0.15, 0.2) is 0 Å². The van der Waals surface area contributed by atoms with Crippen LogP contribution in [-0.2, 0) is 0 Å². The lowest BCUT2D eigenvalue weighted by molar-refractivity contribution is 0.0643. The van der Waals surface area contributed by atoms with Crippen molar-refractivity contribution in [2.24, 2.45) is 0 Å². The third-order valence-electron chi connectivity index (χ3n) is 4.09. The van der Waals surface area contributed by atoms with Crippen LogP contribution in [0.1, 0.15) is 35.4 Å². The van der Waals surface area contributed by atoms with E-state index in [-0.39, 0.29) is 24.4 Å². The third kappa shape index (κ3) is 2.80. The van der Waals surface area contributed by atoms with Gasteiger partial charge in [0.05, 0.1) is 11.5 Å². The first-order chi connectivity index (χ1) is 10.2. The molecule has 1 fully saturated rings. The maximum Gasteiger partial charge on any atom is 0.264 e. The Kier molecular flexibility index (Phi) is 4.22. The number of amides is 1. The number of nitrogens with zero attached hydrogens (tertiary/aromatic N) is 1. The highest BCUT2D eigenvalue weighted by Gasteiger charge is 2.28. The summed E-state index contributed by atoms with van der Waals surface area (Å²) in [5, 5.41) is 9.73. The van der Waals surface area contributed by atoms with E-state index in [2.05, 4.69) is 0 Å². The van der Waals surface area contributed by atoms with Gasteiger partial charge < -0.3 is 10.0 Å². The SMILES string of the molecule is O=C(c1cc2c(F)cccc2s1)N(CCO)C1CCCC1. The molecule has 3 rings (SSSR count). The van der Waals surface area contributed by atoms with Gasteiger partial charge >= 0.3 is 0 Å². The molecule has 1 aliphatic rings. The minimum absolute atomic E-state index is 0.0402. The molecule has 1 aliphatic carbocycles. The van der Waals surface area contributed by atoms with Crippen LogP contribution in [0, 0.1) is 5.82 Å². The van der Waals surface area contributed by atoms with Gasteiger partial charge in [-0.2, -0.15) is 0 Å². The second kappa shape index (κ2) is 6.12. The normalized spacial score (nSPS) is 15.7. The van der Waals surface area contributed by atoms with Gasteiger partial charge in [-0.25, -0.2) is 4.39 Å². The summed E-state index contributed by atoms with van der Waals surface area (Å²) in [4.78, 5) is 15.0. The molecule has 112 valence electrons. The summed E-state index contributed by atoms with van der Waals surface area (Å²) < 4.78 is 14.5. The number of aliphatic hydroxyl groups is 1. The highest BCUT2D eigenvalue weighted by molar-refractivity contribution is 7.20. The number of rotatable bonds is 4. The standard InChI is InChI=1S/C16H18FNO2S/c17-13-6-3-7-14-12(13)10-15(21-14)16(20)18(8-9-19)11-4-1-2-5-11/h3,6-7,10-11,19H,1-2,4-5,8-9H2. The van der Waals surface area contributed by atoms with Crippen molar-refractivity contribution in [2.45, 2.75) is 31.7 Å². The second-order valence-electron chi connectivity index (χ2n) is 5.42. The number of halogens is 1. The van der Waals surface area contributed by atoms with Gasteiger partial charge in [-0.05, 0) is 31.0 Å². The first kappa shape index (κ1) is 14.5. The number of hydrogen-bond donors (Lipinski definition) is 1. The molecule has 1 aromatic carbocycles. The van der Waals surface area contributed by atoms with Crippen molar-refractivity contribution in [1.82, 2.24) is 4.90 Å². The van der Waals surface area contributed by atoms with Gasteiger partial charge in [0, 0.05) is 22.7 Å². The first-order valence-corrected chi connectivity index (χ1v) is 8.12. The fourth-order valence-corrected chi connectivity index (χ4v) is 4.08. The second-order valence-corrected chi connectivity index (χ2v) is 6.51. The van der Waals surface area contributed by atoms with Crippen molar-refractivity contribution >= 4 is 27.3 Å². The van der Waals surface area contributed by atoms with Crippen LogP contribution in [-0.4, -0.2) is 35.1 Å². The topological polar surface area (TPSA) is 40.5 Å². The van der Waals surface area contributed by atoms with E-state index in [1.165, 1.54) is 17.4 Å². The van der Waals surface area contributed by atoms with E-state index in [9.17, 15) is 14.3 Å².